The summed E-state index contributed by atoms with van der Waals surface area (Å²) in [5.41, 5.74) is 7.29. The molecule has 27 heavy (non-hydrogen) atoms. The van der Waals surface area contributed by atoms with Crippen LogP contribution in [0, 0.1) is 5.82 Å². The molecular weight excluding hydrogens is 347 g/mol. The smallest absolute Gasteiger partial charge is 0.227 e. The predicted octanol–water partition coefficient (Wildman–Crippen LogP) is 2.70. The Hall–Kier alpha value is -2.28. The molecule has 6 heteroatoms. The SMILES string of the molecule is C[C@@H](C(=O)NCCOCCOCCN)c1ccc(-c2ccccc2)c(F)c1. The van der Waals surface area contributed by atoms with E-state index in [-0.39, 0.29) is 11.7 Å². The third-order valence-electron chi connectivity index (χ3n) is 4.15. The number of nitrogens with two attached hydrogens (primary N) is 1. The van der Waals surface area contributed by atoms with Crippen LogP contribution in [0.15, 0.2) is 48.5 Å². The monoisotopic (exact) mass is 374 g/mol. The van der Waals surface area contributed by atoms with Gasteiger partial charge in [0.05, 0.1) is 32.3 Å². The molecule has 0 aromatic heterocycles. The second kappa shape index (κ2) is 11.4. The minimum absolute atomic E-state index is 0.162. The van der Waals surface area contributed by atoms with Gasteiger partial charge in [-0.1, -0.05) is 42.5 Å². The van der Waals surface area contributed by atoms with Crippen LogP contribution in [0.3, 0.4) is 0 Å². The second-order valence-corrected chi connectivity index (χ2v) is 6.13. The van der Waals surface area contributed by atoms with Crippen LogP contribution in [0.2, 0.25) is 0 Å². The second-order valence-electron chi connectivity index (χ2n) is 6.13. The van der Waals surface area contributed by atoms with Crippen molar-refractivity contribution in [1.29, 1.82) is 0 Å². The van der Waals surface area contributed by atoms with Gasteiger partial charge in [0.2, 0.25) is 5.91 Å². The highest BCUT2D eigenvalue weighted by molar-refractivity contribution is 5.83. The largest absolute Gasteiger partial charge is 0.378 e. The van der Waals surface area contributed by atoms with Crippen molar-refractivity contribution in [3.8, 4) is 11.1 Å². The molecule has 0 aliphatic carbocycles. The summed E-state index contributed by atoms with van der Waals surface area (Å²) in [5.74, 6) is -0.943. The van der Waals surface area contributed by atoms with E-state index in [4.69, 9.17) is 15.2 Å². The Bertz CT molecular complexity index is 710. The average molecular weight is 374 g/mol. The summed E-state index contributed by atoms with van der Waals surface area (Å²) in [6.07, 6.45) is 0. The van der Waals surface area contributed by atoms with Gasteiger partial charge < -0.3 is 20.5 Å². The molecule has 0 radical (unpaired) electrons. The van der Waals surface area contributed by atoms with Gasteiger partial charge in [0.15, 0.2) is 0 Å². The van der Waals surface area contributed by atoms with Crippen molar-refractivity contribution in [2.45, 2.75) is 12.8 Å². The molecule has 0 aliphatic heterocycles. The zero-order valence-electron chi connectivity index (χ0n) is 15.6. The Morgan fingerprint density at radius 2 is 1.78 bits per heavy atom. The molecule has 1 amide bonds. The van der Waals surface area contributed by atoms with Crippen LogP contribution >= 0.6 is 0 Å². The topological polar surface area (TPSA) is 73.6 Å². The first-order valence-electron chi connectivity index (χ1n) is 9.11. The van der Waals surface area contributed by atoms with E-state index in [0.717, 1.165) is 5.56 Å². The number of hydrogen-bond acceptors (Lipinski definition) is 4. The maximum absolute atomic E-state index is 14.5. The van der Waals surface area contributed by atoms with Crippen molar-refractivity contribution < 1.29 is 18.7 Å². The fraction of sp³-hybridized carbons (Fsp3) is 0.381. The standard InChI is InChI=1S/C21H27FN2O3/c1-16(21(25)24-10-12-27-14-13-26-11-9-23)18-7-8-19(20(22)15-18)17-5-3-2-4-6-17/h2-8,15-16H,9-14,23H2,1H3,(H,24,25)/t16-/m1/s1. The fourth-order valence-corrected chi connectivity index (χ4v) is 2.61. The average Bonchev–Trinajstić information content (AvgIpc) is 2.69. The quantitative estimate of drug-likeness (QED) is 0.593. The Morgan fingerprint density at radius 3 is 2.44 bits per heavy atom. The van der Waals surface area contributed by atoms with Crippen molar-refractivity contribution in [3.63, 3.8) is 0 Å². The van der Waals surface area contributed by atoms with Gasteiger partial charge >= 0.3 is 0 Å². The third kappa shape index (κ3) is 6.75. The first-order valence-corrected chi connectivity index (χ1v) is 9.11. The van der Waals surface area contributed by atoms with Gasteiger partial charge in [-0.15, -0.1) is 0 Å². The predicted molar refractivity (Wildman–Crippen MR) is 104 cm³/mol. The summed E-state index contributed by atoms with van der Waals surface area (Å²) in [4.78, 5) is 12.3. The summed E-state index contributed by atoms with van der Waals surface area (Å²) in [5, 5.41) is 2.80. The number of halogens is 1. The number of amides is 1. The number of nitrogens with one attached hydrogen (secondary N) is 1. The molecule has 2 aromatic carbocycles. The zero-order chi connectivity index (χ0) is 19.5. The maximum Gasteiger partial charge on any atom is 0.227 e. The minimum Gasteiger partial charge on any atom is -0.378 e. The van der Waals surface area contributed by atoms with Crippen molar-refractivity contribution in [3.05, 3.63) is 59.9 Å². The van der Waals surface area contributed by atoms with Gasteiger partial charge in [0.1, 0.15) is 5.82 Å². The zero-order valence-corrected chi connectivity index (χ0v) is 15.6. The Kier molecular flexibility index (Phi) is 8.91. The van der Waals surface area contributed by atoms with E-state index < -0.39 is 5.92 Å². The van der Waals surface area contributed by atoms with E-state index in [1.54, 1.807) is 19.1 Å². The lowest BCUT2D eigenvalue weighted by molar-refractivity contribution is -0.122. The molecule has 0 saturated carbocycles. The van der Waals surface area contributed by atoms with Gasteiger partial charge in [-0.25, -0.2) is 4.39 Å². The van der Waals surface area contributed by atoms with Crippen molar-refractivity contribution in [2.24, 2.45) is 5.73 Å². The first kappa shape index (κ1) is 21.0. The number of hydrogen-bond donors (Lipinski definition) is 2. The highest BCUT2D eigenvalue weighted by Crippen LogP contribution is 2.26. The molecule has 0 heterocycles. The highest BCUT2D eigenvalue weighted by atomic mass is 19.1. The molecular formula is C21H27FN2O3. The Balaban J connectivity index is 1.80. The molecule has 0 bridgehead atoms. The summed E-state index contributed by atoms with van der Waals surface area (Å²) >= 11 is 0. The van der Waals surface area contributed by atoms with E-state index in [1.807, 2.05) is 30.3 Å². The first-order chi connectivity index (χ1) is 13.1. The van der Waals surface area contributed by atoms with Crippen LogP contribution in [0.4, 0.5) is 4.39 Å². The number of carbonyl (C=O) groups is 1. The molecule has 1 atom stereocenters. The van der Waals surface area contributed by atoms with Gasteiger partial charge in [-0.3, -0.25) is 4.79 Å². The van der Waals surface area contributed by atoms with Crippen LogP contribution in [-0.2, 0) is 14.3 Å². The van der Waals surface area contributed by atoms with Crippen molar-refractivity contribution in [1.82, 2.24) is 5.32 Å². The fourth-order valence-electron chi connectivity index (χ4n) is 2.61. The molecule has 0 fully saturated rings. The minimum atomic E-state index is -0.447. The molecule has 0 unspecified atom stereocenters. The van der Waals surface area contributed by atoms with Crippen LogP contribution in [-0.4, -0.2) is 45.4 Å². The number of carbonyl (C=O) groups excluding carboxylic acids is 1. The number of rotatable bonds is 11. The maximum atomic E-state index is 14.5. The molecule has 2 aromatic rings. The van der Waals surface area contributed by atoms with Crippen molar-refractivity contribution >= 4 is 5.91 Å². The summed E-state index contributed by atoms with van der Waals surface area (Å²) < 4.78 is 25.0. The number of ether oxygens (including phenoxy) is 2. The third-order valence-corrected chi connectivity index (χ3v) is 4.15. The molecule has 5 nitrogen and oxygen atoms in total. The Morgan fingerprint density at radius 1 is 1.07 bits per heavy atom. The molecule has 0 spiro atoms. The van der Waals surface area contributed by atoms with Gasteiger partial charge in [-0.05, 0) is 24.1 Å². The van der Waals surface area contributed by atoms with Crippen LogP contribution in [0.1, 0.15) is 18.4 Å². The molecule has 146 valence electrons. The van der Waals surface area contributed by atoms with Crippen LogP contribution < -0.4 is 11.1 Å². The summed E-state index contributed by atoms with van der Waals surface area (Å²) in [6, 6.07) is 14.3. The Labute approximate surface area is 159 Å². The lowest BCUT2D eigenvalue weighted by Crippen LogP contribution is -2.31. The lowest BCUT2D eigenvalue weighted by Gasteiger charge is -2.14. The van der Waals surface area contributed by atoms with E-state index in [0.29, 0.717) is 50.6 Å². The van der Waals surface area contributed by atoms with Crippen LogP contribution in [0.25, 0.3) is 11.1 Å². The normalized spacial score (nSPS) is 12.0. The van der Waals surface area contributed by atoms with Gasteiger partial charge in [0, 0.05) is 18.7 Å². The summed E-state index contributed by atoms with van der Waals surface area (Å²) in [6.45, 7) is 4.48. The van der Waals surface area contributed by atoms with Gasteiger partial charge in [-0.2, -0.15) is 0 Å². The molecule has 0 aliphatic rings. The van der Waals surface area contributed by atoms with E-state index in [1.165, 1.54) is 6.07 Å². The number of benzene rings is 2. The van der Waals surface area contributed by atoms with E-state index in [2.05, 4.69) is 5.32 Å². The van der Waals surface area contributed by atoms with Crippen molar-refractivity contribution in [2.75, 3.05) is 39.5 Å². The van der Waals surface area contributed by atoms with Gasteiger partial charge in [0.25, 0.3) is 0 Å². The summed E-state index contributed by atoms with van der Waals surface area (Å²) in [7, 11) is 0. The lowest BCUT2D eigenvalue weighted by atomic mass is 9.96. The van der Waals surface area contributed by atoms with E-state index >= 15 is 0 Å². The molecule has 2 rings (SSSR count). The van der Waals surface area contributed by atoms with E-state index in [9.17, 15) is 9.18 Å². The highest BCUT2D eigenvalue weighted by Gasteiger charge is 2.16. The molecule has 3 N–H and O–H groups in total. The molecule has 0 saturated heterocycles. The van der Waals surface area contributed by atoms with Crippen LogP contribution in [0.5, 0.6) is 0 Å².